The molecule has 4 heteroatoms. The zero-order valence-corrected chi connectivity index (χ0v) is 7.86. The lowest BCUT2D eigenvalue weighted by molar-refractivity contribution is 0.0600. The average molecular weight is 196 g/mol. The van der Waals surface area contributed by atoms with Crippen molar-refractivity contribution in [1.29, 1.82) is 0 Å². The molecular formula is C10H12O4. The summed E-state index contributed by atoms with van der Waals surface area (Å²) < 4.78 is 4.53. The molecule has 0 radical (unpaired) electrons. The van der Waals surface area contributed by atoms with Gasteiger partial charge in [-0.3, -0.25) is 0 Å². The number of methoxy groups -OCH3 is 1. The Kier molecular flexibility index (Phi) is 3.62. The predicted molar refractivity (Wildman–Crippen MR) is 49.6 cm³/mol. The normalized spacial score (nSPS) is 9.93. The van der Waals surface area contributed by atoms with Crippen LogP contribution in [0.4, 0.5) is 0 Å². The zero-order valence-electron chi connectivity index (χ0n) is 7.86. The van der Waals surface area contributed by atoms with Crippen molar-refractivity contribution in [1.82, 2.24) is 0 Å². The summed E-state index contributed by atoms with van der Waals surface area (Å²) in [7, 11) is 1.28. The molecular weight excluding hydrogens is 184 g/mol. The molecule has 2 N–H and O–H groups in total. The third kappa shape index (κ3) is 2.31. The van der Waals surface area contributed by atoms with Gasteiger partial charge in [0.1, 0.15) is 0 Å². The molecule has 0 unspecified atom stereocenters. The van der Waals surface area contributed by atoms with E-state index >= 15 is 0 Å². The van der Waals surface area contributed by atoms with Crippen molar-refractivity contribution in [2.24, 2.45) is 0 Å². The minimum absolute atomic E-state index is 0.169. The van der Waals surface area contributed by atoms with Crippen LogP contribution < -0.4 is 0 Å². The van der Waals surface area contributed by atoms with Crippen LogP contribution in [0.25, 0.3) is 0 Å². The lowest BCUT2D eigenvalue weighted by atomic mass is 10.1. The Hall–Kier alpha value is -1.39. The van der Waals surface area contributed by atoms with E-state index in [0.717, 1.165) is 0 Å². The van der Waals surface area contributed by atoms with Gasteiger partial charge in [-0.1, -0.05) is 6.07 Å². The highest BCUT2D eigenvalue weighted by Crippen LogP contribution is 2.11. The summed E-state index contributed by atoms with van der Waals surface area (Å²) in [6.07, 6.45) is 0. The Morgan fingerprint density at radius 3 is 2.07 bits per heavy atom. The van der Waals surface area contributed by atoms with Gasteiger partial charge < -0.3 is 14.9 Å². The number of carbonyl (C=O) groups excluding carboxylic acids is 1. The molecule has 4 nitrogen and oxygen atoms in total. The SMILES string of the molecule is COC(=O)c1cc(CO)cc(CO)c1. The fraction of sp³-hybridized carbons (Fsp3) is 0.300. The van der Waals surface area contributed by atoms with Crippen LogP contribution in [0.15, 0.2) is 18.2 Å². The second kappa shape index (κ2) is 4.74. The fourth-order valence-electron chi connectivity index (χ4n) is 1.18. The summed E-state index contributed by atoms with van der Waals surface area (Å²) in [5, 5.41) is 17.8. The van der Waals surface area contributed by atoms with Crippen molar-refractivity contribution in [3.63, 3.8) is 0 Å². The Labute approximate surface area is 81.8 Å². The van der Waals surface area contributed by atoms with Gasteiger partial charge in [-0.2, -0.15) is 0 Å². The summed E-state index contributed by atoms with van der Waals surface area (Å²) in [6, 6.07) is 4.70. The number of aliphatic hydroxyl groups excluding tert-OH is 2. The summed E-state index contributed by atoms with van der Waals surface area (Å²) in [6.45, 7) is -0.338. The smallest absolute Gasteiger partial charge is 0.337 e. The van der Waals surface area contributed by atoms with Gasteiger partial charge in [0.2, 0.25) is 0 Å². The number of aliphatic hydroxyl groups is 2. The van der Waals surface area contributed by atoms with Gasteiger partial charge in [-0.15, -0.1) is 0 Å². The number of hydrogen-bond donors (Lipinski definition) is 2. The molecule has 0 saturated heterocycles. The van der Waals surface area contributed by atoms with Crippen LogP contribution in [-0.2, 0) is 18.0 Å². The van der Waals surface area contributed by atoms with E-state index in [1.165, 1.54) is 19.2 Å². The molecule has 0 amide bonds. The summed E-state index contributed by atoms with van der Waals surface area (Å²) in [4.78, 5) is 11.2. The number of benzene rings is 1. The highest BCUT2D eigenvalue weighted by Gasteiger charge is 2.07. The molecule has 0 aliphatic rings. The van der Waals surface area contributed by atoms with Crippen LogP contribution in [0.5, 0.6) is 0 Å². The van der Waals surface area contributed by atoms with Crippen molar-refractivity contribution in [3.8, 4) is 0 Å². The first-order valence-electron chi connectivity index (χ1n) is 4.14. The van der Waals surface area contributed by atoms with Crippen molar-refractivity contribution >= 4 is 5.97 Å². The van der Waals surface area contributed by atoms with Crippen molar-refractivity contribution in [2.45, 2.75) is 13.2 Å². The maximum Gasteiger partial charge on any atom is 0.337 e. The van der Waals surface area contributed by atoms with Gasteiger partial charge in [-0.25, -0.2) is 4.79 Å². The molecule has 0 fully saturated rings. The Morgan fingerprint density at radius 1 is 1.21 bits per heavy atom. The molecule has 0 spiro atoms. The molecule has 14 heavy (non-hydrogen) atoms. The second-order valence-electron chi connectivity index (χ2n) is 2.85. The van der Waals surface area contributed by atoms with E-state index in [4.69, 9.17) is 10.2 Å². The van der Waals surface area contributed by atoms with Gasteiger partial charge in [0.25, 0.3) is 0 Å². The number of ether oxygens (including phenoxy) is 1. The second-order valence-corrected chi connectivity index (χ2v) is 2.85. The molecule has 0 atom stereocenters. The van der Waals surface area contributed by atoms with Crippen LogP contribution in [-0.4, -0.2) is 23.3 Å². The first-order chi connectivity index (χ1) is 6.71. The van der Waals surface area contributed by atoms with Gasteiger partial charge >= 0.3 is 5.97 Å². The Balaban J connectivity index is 3.10. The first-order valence-corrected chi connectivity index (χ1v) is 4.14. The molecule has 0 bridgehead atoms. The van der Waals surface area contributed by atoms with Gasteiger partial charge in [0.05, 0.1) is 25.9 Å². The van der Waals surface area contributed by atoms with E-state index in [9.17, 15) is 4.79 Å². The minimum Gasteiger partial charge on any atom is -0.465 e. The van der Waals surface area contributed by atoms with Gasteiger partial charge in [0.15, 0.2) is 0 Å². The van der Waals surface area contributed by atoms with Crippen molar-refractivity contribution in [2.75, 3.05) is 7.11 Å². The maximum atomic E-state index is 11.2. The van der Waals surface area contributed by atoms with Crippen molar-refractivity contribution in [3.05, 3.63) is 34.9 Å². The Bertz CT molecular complexity index is 311. The molecule has 0 saturated carbocycles. The standard InChI is InChI=1S/C10H12O4/c1-14-10(13)9-3-7(5-11)2-8(4-9)6-12/h2-4,11-12H,5-6H2,1H3. The van der Waals surface area contributed by atoms with Crippen molar-refractivity contribution < 1.29 is 19.7 Å². The van der Waals surface area contributed by atoms with E-state index < -0.39 is 5.97 Å². The van der Waals surface area contributed by atoms with E-state index in [1.54, 1.807) is 6.07 Å². The monoisotopic (exact) mass is 196 g/mol. The highest BCUT2D eigenvalue weighted by molar-refractivity contribution is 5.89. The molecule has 0 aliphatic heterocycles. The largest absolute Gasteiger partial charge is 0.465 e. The number of carbonyl (C=O) groups is 1. The van der Waals surface area contributed by atoms with Crippen LogP contribution in [0.1, 0.15) is 21.5 Å². The van der Waals surface area contributed by atoms with Crippen LogP contribution in [0, 0.1) is 0 Å². The van der Waals surface area contributed by atoms with Gasteiger partial charge in [-0.05, 0) is 23.3 Å². The number of hydrogen-bond acceptors (Lipinski definition) is 4. The fourth-order valence-corrected chi connectivity index (χ4v) is 1.18. The lowest BCUT2D eigenvalue weighted by Gasteiger charge is -2.05. The predicted octanol–water partition coefficient (Wildman–Crippen LogP) is 0.458. The van der Waals surface area contributed by atoms with Crippen LogP contribution >= 0.6 is 0 Å². The van der Waals surface area contributed by atoms with E-state index in [1.807, 2.05) is 0 Å². The molecule has 1 aromatic carbocycles. The first kappa shape index (κ1) is 10.7. The highest BCUT2D eigenvalue weighted by atomic mass is 16.5. The topological polar surface area (TPSA) is 66.8 Å². The maximum absolute atomic E-state index is 11.2. The van der Waals surface area contributed by atoms with Crippen LogP contribution in [0.3, 0.4) is 0 Å². The molecule has 0 aromatic heterocycles. The minimum atomic E-state index is -0.477. The summed E-state index contributed by atoms with van der Waals surface area (Å²) in [5.41, 5.74) is 1.50. The molecule has 1 aromatic rings. The molecule has 1 rings (SSSR count). The van der Waals surface area contributed by atoms with Gasteiger partial charge in [0, 0.05) is 0 Å². The molecule has 0 heterocycles. The quantitative estimate of drug-likeness (QED) is 0.689. The summed E-state index contributed by atoms with van der Waals surface area (Å²) in [5.74, 6) is -0.477. The van der Waals surface area contributed by atoms with E-state index in [0.29, 0.717) is 16.7 Å². The number of rotatable bonds is 3. The van der Waals surface area contributed by atoms with E-state index in [2.05, 4.69) is 4.74 Å². The summed E-state index contributed by atoms with van der Waals surface area (Å²) >= 11 is 0. The molecule has 76 valence electrons. The lowest BCUT2D eigenvalue weighted by Crippen LogP contribution is -2.03. The zero-order chi connectivity index (χ0) is 10.6. The van der Waals surface area contributed by atoms with Crippen LogP contribution in [0.2, 0.25) is 0 Å². The third-order valence-corrected chi connectivity index (χ3v) is 1.84. The van der Waals surface area contributed by atoms with E-state index in [-0.39, 0.29) is 13.2 Å². The average Bonchev–Trinajstić information content (AvgIpc) is 2.27. The third-order valence-electron chi connectivity index (χ3n) is 1.84. The molecule has 0 aliphatic carbocycles. The Morgan fingerprint density at radius 2 is 1.71 bits per heavy atom. The number of esters is 1.